The van der Waals surface area contributed by atoms with E-state index in [2.05, 4.69) is 54.8 Å². The molecule has 0 unspecified atom stereocenters. The van der Waals surface area contributed by atoms with Crippen LogP contribution in [0.15, 0.2) is 38.7 Å². The normalized spacial score (nSPS) is 15.1. The summed E-state index contributed by atoms with van der Waals surface area (Å²) in [6.45, 7) is 4.94. The zero-order valence-electron chi connectivity index (χ0n) is 15.3. The van der Waals surface area contributed by atoms with Crippen molar-refractivity contribution in [2.75, 3.05) is 38.3 Å². The topological polar surface area (TPSA) is 73.5 Å². The number of aromatic nitrogens is 2. The minimum atomic E-state index is -0.0185. The van der Waals surface area contributed by atoms with Gasteiger partial charge >= 0.3 is 0 Å². The quantitative estimate of drug-likeness (QED) is 0.627. The lowest BCUT2D eigenvalue weighted by molar-refractivity contribution is 0.122. The number of nitrogens with zero attached hydrogens (tertiary/aromatic N) is 2. The van der Waals surface area contributed by atoms with E-state index >= 15 is 0 Å². The minimum Gasteiger partial charge on any atom is -0.378 e. The molecule has 2 aromatic heterocycles. The Morgan fingerprint density at radius 1 is 1.22 bits per heavy atom. The van der Waals surface area contributed by atoms with Crippen molar-refractivity contribution in [2.45, 2.75) is 6.92 Å². The third-order valence-electron chi connectivity index (χ3n) is 4.95. The second-order valence-corrected chi connectivity index (χ2v) is 7.41. The molecule has 7 heteroatoms. The number of aryl methyl sites for hydroxylation is 1. The maximum absolute atomic E-state index is 12.7. The van der Waals surface area contributed by atoms with Gasteiger partial charge in [-0.25, -0.2) is 0 Å². The summed E-state index contributed by atoms with van der Waals surface area (Å²) in [5.74, 6) is 0.829. The molecule has 1 fully saturated rings. The van der Waals surface area contributed by atoms with Crippen molar-refractivity contribution in [1.82, 2.24) is 9.97 Å². The Morgan fingerprint density at radius 2 is 2.00 bits per heavy atom. The Hall–Kier alpha value is -2.38. The lowest BCUT2D eigenvalue weighted by Crippen LogP contribution is -2.37. The van der Waals surface area contributed by atoms with Crippen LogP contribution in [0.5, 0.6) is 0 Å². The van der Waals surface area contributed by atoms with Crippen LogP contribution >= 0.6 is 15.9 Å². The van der Waals surface area contributed by atoms with Gasteiger partial charge in [-0.05, 0) is 28.4 Å². The van der Waals surface area contributed by atoms with Crippen LogP contribution in [0.25, 0.3) is 22.2 Å². The van der Waals surface area contributed by atoms with Crippen LogP contribution < -0.4 is 10.3 Å². The van der Waals surface area contributed by atoms with Crippen LogP contribution in [0.4, 0.5) is 5.82 Å². The third-order valence-corrected chi connectivity index (χ3v) is 5.80. The fourth-order valence-electron chi connectivity index (χ4n) is 3.48. The average molecular weight is 429 g/mol. The molecule has 1 saturated heterocycles. The number of benzene rings is 1. The molecule has 1 aliphatic rings. The molecule has 27 heavy (non-hydrogen) atoms. The Bertz CT molecular complexity index is 1080. The summed E-state index contributed by atoms with van der Waals surface area (Å²) in [5.41, 5.74) is 5.52. The molecule has 0 atom stereocenters. The van der Waals surface area contributed by atoms with Gasteiger partial charge in [0.05, 0.1) is 18.7 Å². The summed E-state index contributed by atoms with van der Waals surface area (Å²) in [7, 11) is 1.76. The Kier molecular flexibility index (Phi) is 4.88. The Balaban J connectivity index is 1.89. The molecular formula is C20H21BrN4O2. The third kappa shape index (κ3) is 3.21. The van der Waals surface area contributed by atoms with E-state index in [1.54, 1.807) is 13.1 Å². The van der Waals surface area contributed by atoms with E-state index in [0.29, 0.717) is 18.7 Å². The molecule has 140 valence electrons. The molecule has 0 amide bonds. The van der Waals surface area contributed by atoms with Crippen LogP contribution in [0, 0.1) is 6.92 Å². The number of ether oxygens (including phenoxy) is 1. The van der Waals surface area contributed by atoms with Crippen molar-refractivity contribution >= 4 is 39.0 Å². The predicted octanol–water partition coefficient (Wildman–Crippen LogP) is 3.48. The number of aromatic amines is 2. The van der Waals surface area contributed by atoms with Crippen LogP contribution in [0.1, 0.15) is 11.1 Å². The number of H-pyrrole nitrogens is 2. The summed E-state index contributed by atoms with van der Waals surface area (Å²) < 4.78 is 6.39. The highest BCUT2D eigenvalue weighted by Crippen LogP contribution is 2.35. The first-order chi connectivity index (χ1) is 13.1. The highest BCUT2D eigenvalue weighted by Gasteiger charge is 2.18. The first-order valence-corrected chi connectivity index (χ1v) is 9.68. The smallest absolute Gasteiger partial charge is 0.207 e. The number of rotatable bonds is 3. The van der Waals surface area contributed by atoms with Gasteiger partial charge in [0.2, 0.25) is 5.43 Å². The van der Waals surface area contributed by atoms with Crippen molar-refractivity contribution in [3.8, 4) is 11.1 Å². The van der Waals surface area contributed by atoms with E-state index in [0.717, 1.165) is 51.2 Å². The van der Waals surface area contributed by atoms with Gasteiger partial charge in [-0.15, -0.1) is 0 Å². The lowest BCUT2D eigenvalue weighted by Gasteiger charge is -2.28. The second kappa shape index (κ2) is 7.32. The average Bonchev–Trinajstić information content (AvgIpc) is 3.10. The molecular weight excluding hydrogens is 408 g/mol. The van der Waals surface area contributed by atoms with Gasteiger partial charge in [0.1, 0.15) is 11.3 Å². The zero-order valence-corrected chi connectivity index (χ0v) is 16.9. The fraction of sp³-hybridized carbons (Fsp3) is 0.300. The van der Waals surface area contributed by atoms with E-state index in [-0.39, 0.29) is 5.43 Å². The molecule has 0 saturated carbocycles. The number of halogens is 1. The molecule has 0 spiro atoms. The van der Waals surface area contributed by atoms with Crippen LogP contribution in [0.3, 0.4) is 0 Å². The van der Waals surface area contributed by atoms with Gasteiger partial charge in [-0.2, -0.15) is 0 Å². The van der Waals surface area contributed by atoms with E-state index < -0.39 is 0 Å². The van der Waals surface area contributed by atoms with Crippen molar-refractivity contribution in [3.05, 3.63) is 50.2 Å². The summed E-state index contributed by atoms with van der Waals surface area (Å²) in [4.78, 5) is 25.6. The molecule has 3 heterocycles. The highest BCUT2D eigenvalue weighted by atomic mass is 79.9. The largest absolute Gasteiger partial charge is 0.378 e. The van der Waals surface area contributed by atoms with Gasteiger partial charge < -0.3 is 19.6 Å². The molecule has 1 aromatic carbocycles. The summed E-state index contributed by atoms with van der Waals surface area (Å²) in [6, 6.07) is 5.79. The van der Waals surface area contributed by atoms with E-state index in [1.165, 1.54) is 0 Å². The van der Waals surface area contributed by atoms with Crippen molar-refractivity contribution < 1.29 is 4.74 Å². The number of hydrogen-bond donors (Lipinski definition) is 2. The molecule has 0 bridgehead atoms. The number of nitrogens with one attached hydrogen (secondary N) is 2. The number of fused-ring (bicyclic) bond motifs is 1. The zero-order chi connectivity index (χ0) is 19.0. The van der Waals surface area contributed by atoms with Crippen LogP contribution in [-0.4, -0.2) is 49.5 Å². The standard InChI is InChI=1S/C20H21BrN4O2/c1-12-3-4-13(18(21)14(12)10-22-2)15-11-23-20-16(26)9-17(24-19(15)20)25-5-7-27-8-6-25/h3-4,9-11,23H,5-8H2,1-2H3,(H,24,26). The molecule has 6 nitrogen and oxygen atoms in total. The molecule has 0 aliphatic carbocycles. The fourth-order valence-corrected chi connectivity index (χ4v) is 4.24. The number of aliphatic imine (C=N–C) groups is 1. The number of hydrogen-bond acceptors (Lipinski definition) is 4. The maximum atomic E-state index is 12.7. The first-order valence-electron chi connectivity index (χ1n) is 8.89. The Labute approximate surface area is 165 Å². The molecule has 2 N–H and O–H groups in total. The second-order valence-electron chi connectivity index (χ2n) is 6.62. The van der Waals surface area contributed by atoms with Gasteiger partial charge in [0, 0.05) is 59.8 Å². The van der Waals surface area contributed by atoms with E-state index in [4.69, 9.17) is 4.74 Å². The lowest BCUT2D eigenvalue weighted by atomic mass is 10.0. The van der Waals surface area contributed by atoms with Crippen molar-refractivity contribution in [2.24, 2.45) is 4.99 Å². The van der Waals surface area contributed by atoms with E-state index in [9.17, 15) is 4.79 Å². The van der Waals surface area contributed by atoms with Crippen molar-refractivity contribution in [3.63, 3.8) is 0 Å². The predicted molar refractivity (Wildman–Crippen MR) is 113 cm³/mol. The number of anilines is 1. The number of pyridine rings is 1. The van der Waals surface area contributed by atoms with Gasteiger partial charge in [-0.1, -0.05) is 12.1 Å². The molecule has 4 rings (SSSR count). The SMILES string of the molecule is CN=Cc1c(C)ccc(-c2c[nH]c3c(=O)cc(N4CCOCC4)[nH]c23)c1Br. The first kappa shape index (κ1) is 18.0. The van der Waals surface area contributed by atoms with Crippen LogP contribution in [-0.2, 0) is 4.74 Å². The van der Waals surface area contributed by atoms with Gasteiger partial charge in [0.25, 0.3) is 0 Å². The van der Waals surface area contributed by atoms with Gasteiger partial charge in [0.15, 0.2) is 0 Å². The molecule has 3 aromatic rings. The summed E-state index contributed by atoms with van der Waals surface area (Å²) in [6.07, 6.45) is 3.73. The summed E-state index contributed by atoms with van der Waals surface area (Å²) in [5, 5.41) is 0. The van der Waals surface area contributed by atoms with Crippen LogP contribution in [0.2, 0.25) is 0 Å². The Morgan fingerprint density at radius 3 is 2.74 bits per heavy atom. The minimum absolute atomic E-state index is 0.0185. The number of morpholine rings is 1. The monoisotopic (exact) mass is 428 g/mol. The maximum Gasteiger partial charge on any atom is 0.207 e. The van der Waals surface area contributed by atoms with Gasteiger partial charge in [-0.3, -0.25) is 9.79 Å². The van der Waals surface area contributed by atoms with E-state index in [1.807, 2.05) is 12.4 Å². The molecule has 1 aliphatic heterocycles. The van der Waals surface area contributed by atoms with Crippen molar-refractivity contribution in [1.29, 1.82) is 0 Å². The summed E-state index contributed by atoms with van der Waals surface area (Å²) >= 11 is 3.73. The molecule has 0 radical (unpaired) electrons. The highest BCUT2D eigenvalue weighted by molar-refractivity contribution is 9.10.